The van der Waals surface area contributed by atoms with Gasteiger partial charge in [0.1, 0.15) is 5.75 Å². The number of rotatable bonds is 4. The molecule has 0 aromatic heterocycles. The van der Waals surface area contributed by atoms with Crippen LogP contribution in [0.4, 0.5) is 5.69 Å². The summed E-state index contributed by atoms with van der Waals surface area (Å²) in [6.07, 6.45) is 0.443. The fourth-order valence-corrected chi connectivity index (χ4v) is 1.69. The minimum Gasteiger partial charge on any atom is -0.455 e. The van der Waals surface area contributed by atoms with Crippen LogP contribution >= 0.6 is 0 Å². The SMILES string of the molecule is CCC(=O)Nc1ccccc1Oc1ccccc1C. The van der Waals surface area contributed by atoms with Crippen LogP contribution in [0.2, 0.25) is 0 Å². The molecule has 0 saturated heterocycles. The van der Waals surface area contributed by atoms with E-state index in [1.807, 2.05) is 62.4 Å². The first-order valence-corrected chi connectivity index (χ1v) is 6.33. The molecule has 1 N–H and O–H groups in total. The summed E-state index contributed by atoms with van der Waals surface area (Å²) in [5.41, 5.74) is 1.75. The first-order chi connectivity index (χ1) is 9.20. The van der Waals surface area contributed by atoms with Gasteiger partial charge in [0.2, 0.25) is 5.91 Å². The van der Waals surface area contributed by atoms with Crippen molar-refractivity contribution in [2.24, 2.45) is 0 Å². The Kier molecular flexibility index (Phi) is 4.18. The lowest BCUT2D eigenvalue weighted by Gasteiger charge is -2.13. The van der Waals surface area contributed by atoms with E-state index in [0.717, 1.165) is 11.3 Å². The number of para-hydroxylation sites is 3. The first-order valence-electron chi connectivity index (χ1n) is 6.33. The number of benzene rings is 2. The van der Waals surface area contributed by atoms with E-state index in [1.54, 1.807) is 0 Å². The van der Waals surface area contributed by atoms with Crippen molar-refractivity contribution in [2.75, 3.05) is 5.32 Å². The van der Waals surface area contributed by atoms with Crippen molar-refractivity contribution in [3.05, 3.63) is 54.1 Å². The summed E-state index contributed by atoms with van der Waals surface area (Å²) in [5.74, 6) is 1.42. The van der Waals surface area contributed by atoms with Crippen molar-refractivity contribution < 1.29 is 9.53 Å². The number of amides is 1. The number of carbonyl (C=O) groups is 1. The lowest BCUT2D eigenvalue weighted by Crippen LogP contribution is -2.10. The Hall–Kier alpha value is -2.29. The zero-order chi connectivity index (χ0) is 13.7. The van der Waals surface area contributed by atoms with Gasteiger partial charge < -0.3 is 10.1 Å². The van der Waals surface area contributed by atoms with Gasteiger partial charge in [0.05, 0.1) is 5.69 Å². The molecular weight excluding hydrogens is 238 g/mol. The Labute approximate surface area is 113 Å². The zero-order valence-corrected chi connectivity index (χ0v) is 11.1. The second kappa shape index (κ2) is 6.05. The highest BCUT2D eigenvalue weighted by atomic mass is 16.5. The third-order valence-electron chi connectivity index (χ3n) is 2.80. The molecule has 0 bridgehead atoms. The van der Waals surface area contributed by atoms with Crippen LogP contribution in [0.3, 0.4) is 0 Å². The number of nitrogens with one attached hydrogen (secondary N) is 1. The fourth-order valence-electron chi connectivity index (χ4n) is 1.69. The van der Waals surface area contributed by atoms with Crippen molar-refractivity contribution in [3.8, 4) is 11.5 Å². The molecule has 0 radical (unpaired) electrons. The van der Waals surface area contributed by atoms with Crippen molar-refractivity contribution in [1.29, 1.82) is 0 Å². The van der Waals surface area contributed by atoms with Gasteiger partial charge in [0.15, 0.2) is 5.75 Å². The monoisotopic (exact) mass is 255 g/mol. The van der Waals surface area contributed by atoms with E-state index in [-0.39, 0.29) is 5.91 Å². The minimum absolute atomic E-state index is 0.0270. The molecule has 0 heterocycles. The number of aryl methyl sites for hydroxylation is 1. The molecular formula is C16H17NO2. The third-order valence-corrected chi connectivity index (χ3v) is 2.80. The highest BCUT2D eigenvalue weighted by Gasteiger charge is 2.07. The van der Waals surface area contributed by atoms with Gasteiger partial charge in [-0.1, -0.05) is 37.3 Å². The second-order valence-corrected chi connectivity index (χ2v) is 4.27. The Balaban J connectivity index is 2.25. The largest absolute Gasteiger partial charge is 0.455 e. The van der Waals surface area contributed by atoms with Crippen LogP contribution in [0.1, 0.15) is 18.9 Å². The van der Waals surface area contributed by atoms with E-state index in [1.165, 1.54) is 0 Å². The molecule has 3 heteroatoms. The normalized spacial score (nSPS) is 10.0. The summed E-state index contributed by atoms with van der Waals surface area (Å²) in [5, 5.41) is 2.84. The average Bonchev–Trinajstić information content (AvgIpc) is 2.43. The molecule has 2 aromatic rings. The Morgan fingerprint density at radius 1 is 1.05 bits per heavy atom. The molecule has 2 aromatic carbocycles. The third kappa shape index (κ3) is 3.35. The zero-order valence-electron chi connectivity index (χ0n) is 11.1. The lowest BCUT2D eigenvalue weighted by molar-refractivity contribution is -0.115. The van der Waals surface area contributed by atoms with Crippen LogP contribution in [0, 0.1) is 6.92 Å². The summed E-state index contributed by atoms with van der Waals surface area (Å²) < 4.78 is 5.87. The molecule has 0 spiro atoms. The molecule has 0 aliphatic heterocycles. The maximum atomic E-state index is 11.5. The molecule has 2 rings (SSSR count). The van der Waals surface area contributed by atoms with Gasteiger partial charge in [-0.2, -0.15) is 0 Å². The minimum atomic E-state index is -0.0270. The molecule has 1 amide bonds. The van der Waals surface area contributed by atoms with Gasteiger partial charge in [0.25, 0.3) is 0 Å². The van der Waals surface area contributed by atoms with Crippen LogP contribution in [0.5, 0.6) is 11.5 Å². The molecule has 0 aliphatic rings. The summed E-state index contributed by atoms with van der Waals surface area (Å²) in [6, 6.07) is 15.2. The van der Waals surface area contributed by atoms with Gasteiger partial charge in [-0.15, -0.1) is 0 Å². The van der Waals surface area contributed by atoms with E-state index in [2.05, 4.69) is 5.32 Å². The number of hydrogen-bond donors (Lipinski definition) is 1. The van der Waals surface area contributed by atoms with E-state index >= 15 is 0 Å². The summed E-state index contributed by atoms with van der Waals surface area (Å²) in [6.45, 7) is 3.81. The summed E-state index contributed by atoms with van der Waals surface area (Å²) >= 11 is 0. The number of carbonyl (C=O) groups excluding carboxylic acids is 1. The molecule has 0 unspecified atom stereocenters. The van der Waals surface area contributed by atoms with Crippen LogP contribution in [-0.2, 0) is 4.79 Å². The van der Waals surface area contributed by atoms with Gasteiger partial charge in [-0.05, 0) is 30.7 Å². The van der Waals surface area contributed by atoms with E-state index in [9.17, 15) is 4.79 Å². The Morgan fingerprint density at radius 2 is 1.68 bits per heavy atom. The van der Waals surface area contributed by atoms with Crippen LogP contribution in [-0.4, -0.2) is 5.91 Å². The predicted octanol–water partition coefficient (Wildman–Crippen LogP) is 4.14. The number of ether oxygens (including phenoxy) is 1. The fraction of sp³-hybridized carbons (Fsp3) is 0.188. The van der Waals surface area contributed by atoms with Crippen molar-refractivity contribution in [2.45, 2.75) is 20.3 Å². The maximum absolute atomic E-state index is 11.5. The van der Waals surface area contributed by atoms with Crippen LogP contribution < -0.4 is 10.1 Å². The smallest absolute Gasteiger partial charge is 0.224 e. The molecule has 0 atom stereocenters. The quantitative estimate of drug-likeness (QED) is 0.891. The number of hydrogen-bond acceptors (Lipinski definition) is 2. The summed E-state index contributed by atoms with van der Waals surface area (Å²) in [7, 11) is 0. The van der Waals surface area contributed by atoms with Crippen LogP contribution in [0.15, 0.2) is 48.5 Å². The second-order valence-electron chi connectivity index (χ2n) is 4.27. The van der Waals surface area contributed by atoms with Gasteiger partial charge in [0, 0.05) is 6.42 Å². The van der Waals surface area contributed by atoms with Gasteiger partial charge >= 0.3 is 0 Å². The van der Waals surface area contributed by atoms with Gasteiger partial charge in [-0.25, -0.2) is 0 Å². The molecule has 3 nitrogen and oxygen atoms in total. The number of anilines is 1. The highest BCUT2D eigenvalue weighted by molar-refractivity contribution is 5.92. The summed E-state index contributed by atoms with van der Waals surface area (Å²) in [4.78, 5) is 11.5. The van der Waals surface area contributed by atoms with Crippen molar-refractivity contribution >= 4 is 11.6 Å². The first kappa shape index (κ1) is 13.1. The highest BCUT2D eigenvalue weighted by Crippen LogP contribution is 2.30. The molecule has 0 fully saturated rings. The Morgan fingerprint density at radius 3 is 2.37 bits per heavy atom. The van der Waals surface area contributed by atoms with Crippen molar-refractivity contribution in [1.82, 2.24) is 0 Å². The molecule has 0 saturated carbocycles. The van der Waals surface area contributed by atoms with Crippen molar-refractivity contribution in [3.63, 3.8) is 0 Å². The molecule has 98 valence electrons. The van der Waals surface area contributed by atoms with E-state index in [4.69, 9.17) is 4.74 Å². The molecule has 19 heavy (non-hydrogen) atoms. The van der Waals surface area contributed by atoms with E-state index in [0.29, 0.717) is 17.9 Å². The predicted molar refractivity (Wildman–Crippen MR) is 76.6 cm³/mol. The van der Waals surface area contributed by atoms with E-state index < -0.39 is 0 Å². The Bertz CT molecular complexity index is 578. The standard InChI is InChI=1S/C16H17NO2/c1-3-16(18)17-13-9-5-7-11-15(13)19-14-10-6-4-8-12(14)2/h4-11H,3H2,1-2H3,(H,17,18). The topological polar surface area (TPSA) is 38.3 Å². The van der Waals surface area contributed by atoms with Gasteiger partial charge in [-0.3, -0.25) is 4.79 Å². The van der Waals surface area contributed by atoms with Crippen LogP contribution in [0.25, 0.3) is 0 Å². The lowest BCUT2D eigenvalue weighted by atomic mass is 10.2. The average molecular weight is 255 g/mol. The maximum Gasteiger partial charge on any atom is 0.224 e. The molecule has 0 aliphatic carbocycles.